The molecule has 0 atom stereocenters. The van der Waals surface area contributed by atoms with E-state index in [-0.39, 0.29) is 12.3 Å². The summed E-state index contributed by atoms with van der Waals surface area (Å²) in [4.78, 5) is 12.3. The van der Waals surface area contributed by atoms with E-state index in [1.54, 1.807) is 25.3 Å². The van der Waals surface area contributed by atoms with E-state index < -0.39 is 0 Å². The topological polar surface area (TPSA) is 50.4 Å². The van der Waals surface area contributed by atoms with Gasteiger partial charge in [0.15, 0.2) is 0 Å². The maximum atomic E-state index is 12.3. The molecule has 0 bridgehead atoms. The highest BCUT2D eigenvalue weighted by Gasteiger charge is 2.10. The minimum atomic E-state index is -0.105. The quantitative estimate of drug-likeness (QED) is 0.814. The molecule has 2 N–H and O–H groups in total. The molecular weight excluding hydrogens is 312 g/mol. The van der Waals surface area contributed by atoms with Gasteiger partial charge in [-0.05, 0) is 42.4 Å². The number of benzene rings is 2. The van der Waals surface area contributed by atoms with Crippen molar-refractivity contribution in [1.29, 1.82) is 0 Å². The van der Waals surface area contributed by atoms with Gasteiger partial charge in [0.2, 0.25) is 5.91 Å². The average molecular weight is 333 g/mol. The number of hydrogen-bond donors (Lipinski definition) is 2. The van der Waals surface area contributed by atoms with Crippen LogP contribution in [0.1, 0.15) is 18.1 Å². The Morgan fingerprint density at radius 3 is 2.78 bits per heavy atom. The lowest BCUT2D eigenvalue weighted by molar-refractivity contribution is -0.115. The first-order chi connectivity index (χ1) is 11.1. The largest absolute Gasteiger partial charge is 0.496 e. The highest BCUT2D eigenvalue weighted by Crippen LogP contribution is 2.23. The molecule has 0 aromatic heterocycles. The second kappa shape index (κ2) is 8.56. The lowest BCUT2D eigenvalue weighted by Crippen LogP contribution is -2.16. The molecule has 122 valence electrons. The summed E-state index contributed by atoms with van der Waals surface area (Å²) in [6, 6.07) is 13.1. The number of hydrogen-bond acceptors (Lipinski definition) is 3. The van der Waals surface area contributed by atoms with Gasteiger partial charge in [0.25, 0.3) is 0 Å². The minimum absolute atomic E-state index is 0.105. The van der Waals surface area contributed by atoms with Gasteiger partial charge >= 0.3 is 0 Å². The van der Waals surface area contributed by atoms with Crippen LogP contribution in [0.5, 0.6) is 5.75 Å². The van der Waals surface area contributed by atoms with Gasteiger partial charge in [0.05, 0.1) is 13.5 Å². The molecule has 0 aliphatic heterocycles. The summed E-state index contributed by atoms with van der Waals surface area (Å²) < 4.78 is 5.27. The fourth-order valence-corrected chi connectivity index (χ4v) is 2.49. The number of anilines is 1. The summed E-state index contributed by atoms with van der Waals surface area (Å²) in [7, 11) is 1.58. The van der Waals surface area contributed by atoms with Gasteiger partial charge in [-0.15, -0.1) is 0 Å². The van der Waals surface area contributed by atoms with E-state index in [1.165, 1.54) is 0 Å². The van der Waals surface area contributed by atoms with Crippen LogP contribution in [0.3, 0.4) is 0 Å². The molecule has 2 aromatic rings. The summed E-state index contributed by atoms with van der Waals surface area (Å²) in [6.45, 7) is 3.75. The number of rotatable bonds is 7. The first-order valence-corrected chi connectivity index (χ1v) is 7.92. The molecule has 0 aliphatic rings. The Balaban J connectivity index is 2.03. The van der Waals surface area contributed by atoms with Crippen molar-refractivity contribution in [2.24, 2.45) is 0 Å². The summed E-state index contributed by atoms with van der Waals surface area (Å²) >= 11 is 5.99. The number of nitrogens with one attached hydrogen (secondary N) is 2. The van der Waals surface area contributed by atoms with E-state index in [4.69, 9.17) is 16.3 Å². The van der Waals surface area contributed by atoms with Crippen LogP contribution in [0.4, 0.5) is 5.69 Å². The molecule has 23 heavy (non-hydrogen) atoms. The minimum Gasteiger partial charge on any atom is -0.496 e. The van der Waals surface area contributed by atoms with Crippen LogP contribution in [0.2, 0.25) is 5.02 Å². The van der Waals surface area contributed by atoms with E-state index in [0.717, 1.165) is 29.9 Å². The van der Waals surface area contributed by atoms with Crippen LogP contribution in [0, 0.1) is 0 Å². The third-order valence-corrected chi connectivity index (χ3v) is 3.62. The van der Waals surface area contributed by atoms with Crippen LogP contribution in [0.15, 0.2) is 42.5 Å². The summed E-state index contributed by atoms with van der Waals surface area (Å²) in [5.74, 6) is 0.552. The number of carbonyl (C=O) groups is 1. The van der Waals surface area contributed by atoms with Crippen molar-refractivity contribution in [3.63, 3.8) is 0 Å². The highest BCUT2D eigenvalue weighted by atomic mass is 35.5. The van der Waals surface area contributed by atoms with Crippen LogP contribution in [-0.2, 0) is 17.8 Å². The Hall–Kier alpha value is -2.04. The van der Waals surface area contributed by atoms with E-state index >= 15 is 0 Å². The molecule has 2 rings (SSSR count). The molecule has 0 unspecified atom stereocenters. The lowest BCUT2D eigenvalue weighted by atomic mass is 10.1. The zero-order valence-electron chi connectivity index (χ0n) is 13.4. The third kappa shape index (κ3) is 5.27. The van der Waals surface area contributed by atoms with Crippen molar-refractivity contribution >= 4 is 23.2 Å². The van der Waals surface area contributed by atoms with Gasteiger partial charge in [-0.25, -0.2) is 0 Å². The maximum Gasteiger partial charge on any atom is 0.228 e. The number of ether oxygens (including phenoxy) is 1. The van der Waals surface area contributed by atoms with E-state index in [9.17, 15) is 4.79 Å². The fourth-order valence-electron chi connectivity index (χ4n) is 2.29. The Kier molecular flexibility index (Phi) is 6.44. The van der Waals surface area contributed by atoms with Crippen molar-refractivity contribution in [3.05, 3.63) is 58.6 Å². The summed E-state index contributed by atoms with van der Waals surface area (Å²) in [5.41, 5.74) is 2.68. The molecule has 0 aliphatic carbocycles. The van der Waals surface area contributed by atoms with Crippen molar-refractivity contribution in [2.75, 3.05) is 19.0 Å². The predicted octanol–water partition coefficient (Wildman–Crippen LogP) is 3.64. The van der Waals surface area contributed by atoms with Crippen molar-refractivity contribution in [2.45, 2.75) is 19.9 Å². The normalized spacial score (nSPS) is 10.4. The van der Waals surface area contributed by atoms with Gasteiger partial charge in [-0.2, -0.15) is 0 Å². The third-order valence-electron chi connectivity index (χ3n) is 3.38. The standard InChI is InChI=1S/C18H21ClN2O2/c1-3-20-12-13-5-4-6-16(9-13)21-18(22)11-14-10-15(19)7-8-17(14)23-2/h4-10,20H,3,11-12H2,1-2H3,(H,21,22). The Bertz CT molecular complexity index is 674. The monoisotopic (exact) mass is 332 g/mol. The molecule has 0 heterocycles. The predicted molar refractivity (Wildman–Crippen MR) is 94.2 cm³/mol. The van der Waals surface area contributed by atoms with E-state index in [2.05, 4.69) is 17.6 Å². The average Bonchev–Trinajstić information content (AvgIpc) is 2.53. The van der Waals surface area contributed by atoms with Crippen molar-refractivity contribution in [3.8, 4) is 5.75 Å². The molecule has 1 amide bonds. The molecule has 0 fully saturated rings. The smallest absolute Gasteiger partial charge is 0.228 e. The van der Waals surface area contributed by atoms with Crippen LogP contribution in [-0.4, -0.2) is 19.6 Å². The van der Waals surface area contributed by atoms with Gasteiger partial charge in [-0.1, -0.05) is 30.7 Å². The zero-order chi connectivity index (χ0) is 16.7. The van der Waals surface area contributed by atoms with Gasteiger partial charge in [0.1, 0.15) is 5.75 Å². The van der Waals surface area contributed by atoms with Crippen LogP contribution >= 0.6 is 11.6 Å². The molecular formula is C18H21ClN2O2. The fraction of sp³-hybridized carbons (Fsp3) is 0.278. The second-order valence-electron chi connectivity index (χ2n) is 5.16. The number of carbonyl (C=O) groups excluding carboxylic acids is 1. The second-order valence-corrected chi connectivity index (χ2v) is 5.60. The number of amides is 1. The van der Waals surface area contributed by atoms with Crippen molar-refractivity contribution < 1.29 is 9.53 Å². The summed E-state index contributed by atoms with van der Waals surface area (Å²) in [5, 5.41) is 6.76. The van der Waals surface area contributed by atoms with Gasteiger partial charge < -0.3 is 15.4 Å². The first kappa shape index (κ1) is 17.3. The molecule has 0 spiro atoms. The molecule has 4 nitrogen and oxygen atoms in total. The molecule has 0 radical (unpaired) electrons. The maximum absolute atomic E-state index is 12.3. The van der Waals surface area contributed by atoms with Crippen molar-refractivity contribution in [1.82, 2.24) is 5.32 Å². The molecule has 5 heteroatoms. The van der Waals surface area contributed by atoms with Gasteiger partial charge in [-0.3, -0.25) is 4.79 Å². The van der Waals surface area contributed by atoms with Crippen LogP contribution < -0.4 is 15.4 Å². The van der Waals surface area contributed by atoms with Gasteiger partial charge in [0, 0.05) is 22.8 Å². The molecule has 2 aromatic carbocycles. The van der Waals surface area contributed by atoms with Crippen LogP contribution in [0.25, 0.3) is 0 Å². The number of methoxy groups -OCH3 is 1. The Morgan fingerprint density at radius 2 is 2.04 bits per heavy atom. The highest BCUT2D eigenvalue weighted by molar-refractivity contribution is 6.30. The summed E-state index contributed by atoms with van der Waals surface area (Å²) in [6.07, 6.45) is 0.209. The zero-order valence-corrected chi connectivity index (χ0v) is 14.1. The molecule has 0 saturated carbocycles. The SMILES string of the molecule is CCNCc1cccc(NC(=O)Cc2cc(Cl)ccc2OC)c1. The molecule has 0 saturated heterocycles. The van der Waals surface area contributed by atoms with E-state index in [1.807, 2.05) is 24.3 Å². The Labute approximate surface area is 141 Å². The number of halogens is 1. The first-order valence-electron chi connectivity index (χ1n) is 7.54. The lowest BCUT2D eigenvalue weighted by Gasteiger charge is -2.10. The van der Waals surface area contributed by atoms with E-state index in [0.29, 0.717) is 10.8 Å². The Morgan fingerprint density at radius 1 is 1.22 bits per heavy atom.